The number of hydrogen-bond donors (Lipinski definition) is 1. The molecule has 0 spiro atoms. The van der Waals surface area contributed by atoms with Crippen LogP contribution < -0.4 is 19.5 Å². The summed E-state index contributed by atoms with van der Waals surface area (Å²) in [7, 11) is 1.57. The molecule has 1 N–H and O–H groups in total. The fourth-order valence-electron chi connectivity index (χ4n) is 2.75. The number of ether oxygens (including phenoxy) is 3. The molecule has 0 bridgehead atoms. The number of halogens is 1. The molecule has 4 rings (SSSR count). The zero-order valence-corrected chi connectivity index (χ0v) is 16.9. The highest BCUT2D eigenvalue weighted by Crippen LogP contribution is 2.37. The van der Waals surface area contributed by atoms with Crippen LogP contribution in [0.3, 0.4) is 0 Å². The first-order valence-corrected chi connectivity index (χ1v) is 9.67. The molecule has 0 atom stereocenters. The van der Waals surface area contributed by atoms with Gasteiger partial charge in [-0.1, -0.05) is 15.9 Å². The number of amides is 1. The number of rotatable bonds is 4. The topological polar surface area (TPSA) is 69.7 Å². The van der Waals surface area contributed by atoms with Crippen LogP contribution in [0.5, 0.6) is 17.2 Å². The smallest absolute Gasteiger partial charge is 0.267 e. The summed E-state index contributed by atoms with van der Waals surface area (Å²) in [5.41, 5.74) is 2.42. The lowest BCUT2D eigenvalue weighted by Crippen LogP contribution is -2.12. The Hall–Kier alpha value is -2.58. The van der Waals surface area contributed by atoms with Gasteiger partial charge in [0.25, 0.3) is 5.91 Å². The van der Waals surface area contributed by atoms with Crippen molar-refractivity contribution < 1.29 is 19.0 Å². The monoisotopic (exact) mass is 446 g/mol. The Kier molecular flexibility index (Phi) is 4.75. The van der Waals surface area contributed by atoms with Crippen LogP contribution in [0, 0.1) is 6.92 Å². The van der Waals surface area contributed by atoms with Crippen molar-refractivity contribution >= 4 is 38.9 Å². The zero-order chi connectivity index (χ0) is 19.0. The minimum atomic E-state index is -0.233. The van der Waals surface area contributed by atoms with E-state index in [4.69, 9.17) is 14.2 Å². The molecule has 0 aliphatic carbocycles. The van der Waals surface area contributed by atoms with Crippen LogP contribution in [0.2, 0.25) is 0 Å². The molecule has 0 fully saturated rings. The number of methoxy groups -OCH3 is 1. The number of fused-ring (bicyclic) bond motifs is 1. The van der Waals surface area contributed by atoms with Gasteiger partial charge in [0.2, 0.25) is 6.79 Å². The van der Waals surface area contributed by atoms with Gasteiger partial charge in [0, 0.05) is 10.0 Å². The Labute approximate surface area is 168 Å². The second kappa shape index (κ2) is 7.21. The normalized spacial score (nSPS) is 12.1. The molecule has 0 saturated heterocycles. The van der Waals surface area contributed by atoms with E-state index in [1.54, 1.807) is 13.3 Å². The summed E-state index contributed by atoms with van der Waals surface area (Å²) in [6.45, 7) is 2.13. The lowest BCUT2D eigenvalue weighted by atomic mass is 10.2. The van der Waals surface area contributed by atoms with Gasteiger partial charge in [-0.2, -0.15) is 0 Å². The number of aryl methyl sites for hydroxylation is 1. The first-order chi connectivity index (χ1) is 13.0. The first-order valence-electron chi connectivity index (χ1n) is 8.06. The van der Waals surface area contributed by atoms with E-state index < -0.39 is 0 Å². The largest absolute Gasteiger partial charge is 0.495 e. The molecule has 2 aromatic carbocycles. The minimum absolute atomic E-state index is 0.221. The molecule has 0 radical (unpaired) electrons. The molecule has 8 heteroatoms. The fourth-order valence-corrected chi connectivity index (χ4v) is 4.11. The van der Waals surface area contributed by atoms with Crippen LogP contribution in [0.4, 0.5) is 5.69 Å². The molecule has 0 saturated carbocycles. The second-order valence-electron chi connectivity index (χ2n) is 5.85. The van der Waals surface area contributed by atoms with Gasteiger partial charge in [0.1, 0.15) is 15.6 Å². The van der Waals surface area contributed by atoms with Crippen molar-refractivity contribution in [3.8, 4) is 27.8 Å². The van der Waals surface area contributed by atoms with Gasteiger partial charge in [-0.25, -0.2) is 4.98 Å². The highest BCUT2D eigenvalue weighted by molar-refractivity contribution is 9.10. The van der Waals surface area contributed by atoms with Crippen LogP contribution in [0.1, 0.15) is 15.2 Å². The number of aromatic nitrogens is 1. The van der Waals surface area contributed by atoms with Crippen molar-refractivity contribution in [2.75, 3.05) is 19.2 Å². The van der Waals surface area contributed by atoms with E-state index in [1.165, 1.54) is 11.3 Å². The van der Waals surface area contributed by atoms with Gasteiger partial charge in [0.15, 0.2) is 11.5 Å². The molecular weight excluding hydrogens is 432 g/mol. The molecular formula is C19H15BrN2O4S. The third kappa shape index (κ3) is 3.50. The Bertz CT molecular complexity index is 1030. The molecule has 3 aromatic rings. The Morgan fingerprint density at radius 3 is 2.89 bits per heavy atom. The number of nitrogens with zero attached hydrogens (tertiary/aromatic N) is 1. The summed E-state index contributed by atoms with van der Waals surface area (Å²) < 4.78 is 17.0. The molecule has 6 nitrogen and oxygen atoms in total. The van der Waals surface area contributed by atoms with Gasteiger partial charge in [-0.3, -0.25) is 4.79 Å². The molecule has 0 unspecified atom stereocenters. The summed E-state index contributed by atoms with van der Waals surface area (Å²) in [6.07, 6.45) is 1.57. The van der Waals surface area contributed by atoms with E-state index in [0.717, 1.165) is 20.6 Å². The summed E-state index contributed by atoms with van der Waals surface area (Å²) in [6, 6.07) is 9.34. The van der Waals surface area contributed by atoms with Crippen molar-refractivity contribution in [3.63, 3.8) is 0 Å². The van der Waals surface area contributed by atoms with Crippen molar-refractivity contribution in [1.82, 2.24) is 4.98 Å². The summed E-state index contributed by atoms with van der Waals surface area (Å²) in [5.74, 6) is 1.76. The third-order valence-corrected chi connectivity index (χ3v) is 5.57. The van der Waals surface area contributed by atoms with E-state index in [9.17, 15) is 4.79 Å². The zero-order valence-electron chi connectivity index (χ0n) is 14.5. The fraction of sp³-hybridized carbons (Fsp3) is 0.158. The number of carbonyl (C=O) groups is 1. The predicted octanol–water partition coefficient (Wildman–Crippen LogP) is 4.87. The minimum Gasteiger partial charge on any atom is -0.495 e. The lowest BCUT2D eigenvalue weighted by molar-refractivity contribution is 0.103. The van der Waals surface area contributed by atoms with Gasteiger partial charge in [-0.15, -0.1) is 11.3 Å². The summed E-state index contributed by atoms with van der Waals surface area (Å²) in [4.78, 5) is 17.6. The van der Waals surface area contributed by atoms with E-state index in [0.29, 0.717) is 27.8 Å². The number of nitrogens with one attached hydrogen (secondary N) is 1. The standard InChI is InChI=1S/C19H15BrN2O4S/c1-10-5-12(20)7-15(24-2)17(10)22-18(23)16-8-21-19(27-16)11-3-4-13-14(6-11)26-9-25-13/h3-8H,9H2,1-2H3,(H,22,23). The number of thiazole rings is 1. The van der Waals surface area contributed by atoms with Gasteiger partial charge >= 0.3 is 0 Å². The lowest BCUT2D eigenvalue weighted by Gasteiger charge is -2.13. The highest BCUT2D eigenvalue weighted by Gasteiger charge is 2.18. The number of anilines is 1. The van der Waals surface area contributed by atoms with Crippen LogP contribution in [0.15, 0.2) is 41.0 Å². The van der Waals surface area contributed by atoms with Gasteiger partial charge < -0.3 is 19.5 Å². The average Bonchev–Trinajstić information content (AvgIpc) is 3.32. The molecule has 1 aliphatic rings. The Morgan fingerprint density at radius 1 is 1.26 bits per heavy atom. The molecule has 1 aliphatic heterocycles. The SMILES string of the molecule is COc1cc(Br)cc(C)c1NC(=O)c1cnc(-c2ccc3c(c2)OCO3)s1. The van der Waals surface area contributed by atoms with Crippen LogP contribution in [-0.2, 0) is 0 Å². The van der Waals surface area contributed by atoms with Gasteiger partial charge in [0.05, 0.1) is 19.0 Å². The van der Waals surface area contributed by atoms with Crippen molar-refractivity contribution in [3.05, 3.63) is 51.4 Å². The van der Waals surface area contributed by atoms with Crippen molar-refractivity contribution in [1.29, 1.82) is 0 Å². The first kappa shape index (κ1) is 17.8. The van der Waals surface area contributed by atoms with E-state index in [2.05, 4.69) is 26.2 Å². The molecule has 1 amide bonds. The summed E-state index contributed by atoms with van der Waals surface area (Å²) in [5, 5.41) is 3.65. The summed E-state index contributed by atoms with van der Waals surface area (Å²) >= 11 is 4.74. The van der Waals surface area contributed by atoms with E-state index >= 15 is 0 Å². The Morgan fingerprint density at radius 2 is 2.07 bits per heavy atom. The Balaban J connectivity index is 1.58. The maximum absolute atomic E-state index is 12.7. The maximum atomic E-state index is 12.7. The number of hydrogen-bond acceptors (Lipinski definition) is 6. The van der Waals surface area contributed by atoms with Crippen LogP contribution in [0.25, 0.3) is 10.6 Å². The highest BCUT2D eigenvalue weighted by atomic mass is 79.9. The predicted molar refractivity (Wildman–Crippen MR) is 107 cm³/mol. The van der Waals surface area contributed by atoms with Crippen molar-refractivity contribution in [2.45, 2.75) is 6.92 Å². The van der Waals surface area contributed by atoms with Crippen LogP contribution in [-0.4, -0.2) is 24.8 Å². The van der Waals surface area contributed by atoms with E-state index in [-0.39, 0.29) is 12.7 Å². The second-order valence-corrected chi connectivity index (χ2v) is 7.80. The number of carbonyl (C=O) groups excluding carboxylic acids is 1. The van der Waals surface area contributed by atoms with Gasteiger partial charge in [-0.05, 0) is 42.8 Å². The quantitative estimate of drug-likeness (QED) is 0.618. The molecule has 2 heterocycles. The third-order valence-electron chi connectivity index (χ3n) is 4.07. The van der Waals surface area contributed by atoms with Crippen LogP contribution >= 0.6 is 27.3 Å². The molecule has 1 aromatic heterocycles. The molecule has 27 heavy (non-hydrogen) atoms. The van der Waals surface area contributed by atoms with Crippen molar-refractivity contribution in [2.24, 2.45) is 0 Å². The average molecular weight is 447 g/mol. The molecule has 138 valence electrons. The van der Waals surface area contributed by atoms with E-state index in [1.807, 2.05) is 37.3 Å². The number of benzene rings is 2. The maximum Gasteiger partial charge on any atom is 0.267 e.